The molecule has 1 aliphatic heterocycles. The van der Waals surface area contributed by atoms with E-state index in [1.807, 2.05) is 0 Å². The summed E-state index contributed by atoms with van der Waals surface area (Å²) in [5.74, 6) is 0.750. The molecule has 21 heavy (non-hydrogen) atoms. The average molecular weight is 303 g/mol. The molecule has 1 amide bonds. The van der Waals surface area contributed by atoms with Crippen LogP contribution in [0.5, 0.6) is 5.75 Å². The van der Waals surface area contributed by atoms with Crippen molar-refractivity contribution >= 4 is 29.1 Å². The topological polar surface area (TPSA) is 75.3 Å². The van der Waals surface area contributed by atoms with Crippen LogP contribution >= 0.6 is 11.8 Å². The molecule has 6 nitrogen and oxygen atoms in total. The SMILES string of the molecule is CN1C(=O)COc2ccc(C(=O)CSc3ncc[nH]3)cc21. The number of ketones is 1. The van der Waals surface area contributed by atoms with Crippen molar-refractivity contribution in [2.75, 3.05) is 24.3 Å². The summed E-state index contributed by atoms with van der Waals surface area (Å²) in [6.07, 6.45) is 3.35. The van der Waals surface area contributed by atoms with Crippen LogP contribution in [0.15, 0.2) is 35.7 Å². The van der Waals surface area contributed by atoms with Crippen LogP contribution in [0.4, 0.5) is 5.69 Å². The number of carbonyl (C=O) groups is 2. The summed E-state index contributed by atoms with van der Waals surface area (Å²) in [4.78, 5) is 32.3. The van der Waals surface area contributed by atoms with Gasteiger partial charge in [0.05, 0.1) is 11.4 Å². The van der Waals surface area contributed by atoms with Gasteiger partial charge in [-0.2, -0.15) is 0 Å². The van der Waals surface area contributed by atoms with Gasteiger partial charge >= 0.3 is 0 Å². The molecule has 3 rings (SSSR count). The number of imidazole rings is 1. The molecule has 0 saturated carbocycles. The quantitative estimate of drug-likeness (QED) is 0.688. The monoisotopic (exact) mass is 303 g/mol. The van der Waals surface area contributed by atoms with E-state index in [0.717, 1.165) is 0 Å². The number of nitrogens with zero attached hydrogens (tertiary/aromatic N) is 2. The standard InChI is InChI=1S/C14H13N3O3S/c1-17-10-6-9(2-3-12(10)20-7-13(17)19)11(18)8-21-14-15-4-5-16-14/h2-6H,7-8H2,1H3,(H,15,16). The summed E-state index contributed by atoms with van der Waals surface area (Å²) in [5.41, 5.74) is 1.18. The largest absolute Gasteiger partial charge is 0.482 e. The average Bonchev–Trinajstić information content (AvgIpc) is 3.02. The first-order valence-electron chi connectivity index (χ1n) is 6.34. The number of aromatic amines is 1. The van der Waals surface area contributed by atoms with Crippen LogP contribution in [0.1, 0.15) is 10.4 Å². The maximum atomic E-state index is 12.2. The first-order valence-corrected chi connectivity index (χ1v) is 7.32. The zero-order valence-electron chi connectivity index (χ0n) is 11.3. The summed E-state index contributed by atoms with van der Waals surface area (Å²) in [6.45, 7) is 0.0329. The van der Waals surface area contributed by atoms with Crippen molar-refractivity contribution in [3.8, 4) is 5.75 Å². The van der Waals surface area contributed by atoms with Crippen LogP contribution in [0.25, 0.3) is 0 Å². The number of benzene rings is 1. The molecule has 0 unspecified atom stereocenters. The molecule has 1 aromatic carbocycles. The van der Waals surface area contributed by atoms with Crippen molar-refractivity contribution in [2.24, 2.45) is 0 Å². The number of aromatic nitrogens is 2. The fourth-order valence-corrected chi connectivity index (χ4v) is 2.71. The molecule has 0 aliphatic carbocycles. The van der Waals surface area contributed by atoms with Crippen LogP contribution in [-0.2, 0) is 4.79 Å². The third-order valence-corrected chi connectivity index (χ3v) is 4.08. The van der Waals surface area contributed by atoms with Crippen LogP contribution < -0.4 is 9.64 Å². The highest BCUT2D eigenvalue weighted by molar-refractivity contribution is 7.99. The molecular weight excluding hydrogens is 290 g/mol. The van der Waals surface area contributed by atoms with Crippen LogP contribution in [0.2, 0.25) is 0 Å². The first kappa shape index (κ1) is 13.7. The predicted molar refractivity (Wildman–Crippen MR) is 79.0 cm³/mol. The lowest BCUT2D eigenvalue weighted by molar-refractivity contribution is -0.120. The van der Waals surface area contributed by atoms with Gasteiger partial charge in [0, 0.05) is 25.0 Å². The number of likely N-dealkylation sites (N-methyl/N-ethyl adjacent to an activating group) is 1. The Morgan fingerprint density at radius 2 is 2.38 bits per heavy atom. The van der Waals surface area contributed by atoms with Gasteiger partial charge in [0.15, 0.2) is 17.5 Å². The van der Waals surface area contributed by atoms with E-state index in [-0.39, 0.29) is 24.1 Å². The van der Waals surface area contributed by atoms with E-state index in [1.54, 1.807) is 37.6 Å². The fraction of sp³-hybridized carbons (Fsp3) is 0.214. The normalized spacial score (nSPS) is 13.8. The molecule has 1 aliphatic rings. The number of ether oxygens (including phenoxy) is 1. The molecule has 0 radical (unpaired) electrons. The van der Waals surface area contributed by atoms with E-state index >= 15 is 0 Å². The van der Waals surface area contributed by atoms with Crippen LogP contribution in [0, 0.1) is 0 Å². The van der Waals surface area contributed by atoms with E-state index in [0.29, 0.717) is 22.2 Å². The van der Waals surface area contributed by atoms with Crippen molar-refractivity contribution in [3.63, 3.8) is 0 Å². The lowest BCUT2D eigenvalue weighted by atomic mass is 10.1. The fourth-order valence-electron chi connectivity index (χ4n) is 1.99. The van der Waals surface area contributed by atoms with E-state index in [4.69, 9.17) is 4.74 Å². The molecule has 108 valence electrons. The molecule has 0 fully saturated rings. The lowest BCUT2D eigenvalue weighted by Gasteiger charge is -2.26. The first-order chi connectivity index (χ1) is 10.1. The van der Waals surface area contributed by atoms with E-state index in [9.17, 15) is 9.59 Å². The van der Waals surface area contributed by atoms with Gasteiger partial charge < -0.3 is 14.6 Å². The third-order valence-electron chi connectivity index (χ3n) is 3.18. The minimum absolute atomic E-state index is 0.0226. The van der Waals surface area contributed by atoms with Crippen LogP contribution in [-0.4, -0.2) is 41.1 Å². The number of fused-ring (bicyclic) bond motifs is 1. The van der Waals surface area contributed by atoms with Crippen LogP contribution in [0.3, 0.4) is 0 Å². The second-order valence-electron chi connectivity index (χ2n) is 4.53. The number of rotatable bonds is 4. The maximum Gasteiger partial charge on any atom is 0.264 e. The lowest BCUT2D eigenvalue weighted by Crippen LogP contribution is -2.35. The van der Waals surface area contributed by atoms with Gasteiger partial charge in [0.2, 0.25) is 0 Å². The minimum Gasteiger partial charge on any atom is -0.482 e. The number of amides is 1. The maximum absolute atomic E-state index is 12.2. The Hall–Kier alpha value is -2.28. The summed E-state index contributed by atoms with van der Waals surface area (Å²) < 4.78 is 5.34. The van der Waals surface area contributed by atoms with Gasteiger partial charge in [-0.1, -0.05) is 11.8 Å². The summed E-state index contributed by atoms with van der Waals surface area (Å²) in [5, 5.41) is 0.705. The third kappa shape index (κ3) is 2.78. The Balaban J connectivity index is 1.76. The molecule has 2 heterocycles. The molecule has 2 aromatic rings. The molecule has 0 spiro atoms. The van der Waals surface area contributed by atoms with Gasteiger partial charge in [-0.3, -0.25) is 9.59 Å². The smallest absolute Gasteiger partial charge is 0.264 e. The Morgan fingerprint density at radius 1 is 1.52 bits per heavy atom. The Morgan fingerprint density at radius 3 is 3.14 bits per heavy atom. The predicted octanol–water partition coefficient (Wildman–Crippen LogP) is 1.74. The number of hydrogen-bond donors (Lipinski definition) is 1. The molecule has 0 bridgehead atoms. The number of carbonyl (C=O) groups excluding carboxylic acids is 2. The highest BCUT2D eigenvalue weighted by Gasteiger charge is 2.23. The molecule has 0 atom stereocenters. The Labute approximate surface area is 125 Å². The summed E-state index contributed by atoms with van der Waals surface area (Å²) >= 11 is 1.34. The second-order valence-corrected chi connectivity index (χ2v) is 5.49. The van der Waals surface area contributed by atoms with Crippen molar-refractivity contribution < 1.29 is 14.3 Å². The van der Waals surface area contributed by atoms with Gasteiger partial charge in [-0.15, -0.1) is 0 Å². The number of nitrogens with one attached hydrogen (secondary N) is 1. The number of Topliss-reactive ketones (excluding diaryl/α,β-unsaturated/α-hetero) is 1. The highest BCUT2D eigenvalue weighted by Crippen LogP contribution is 2.32. The molecule has 7 heteroatoms. The van der Waals surface area contributed by atoms with E-state index < -0.39 is 0 Å². The highest BCUT2D eigenvalue weighted by atomic mass is 32.2. The zero-order chi connectivity index (χ0) is 14.8. The van der Waals surface area contributed by atoms with Gasteiger partial charge in [-0.05, 0) is 18.2 Å². The summed E-state index contributed by atoms with van der Waals surface area (Å²) in [7, 11) is 1.68. The van der Waals surface area contributed by atoms with Gasteiger partial charge in [0.25, 0.3) is 5.91 Å². The molecule has 0 saturated heterocycles. The second kappa shape index (κ2) is 5.61. The molecule has 1 aromatic heterocycles. The number of H-pyrrole nitrogens is 1. The Kier molecular flexibility index (Phi) is 3.66. The van der Waals surface area contributed by atoms with Gasteiger partial charge in [-0.25, -0.2) is 4.98 Å². The van der Waals surface area contributed by atoms with Gasteiger partial charge in [0.1, 0.15) is 5.75 Å². The number of thioether (sulfide) groups is 1. The zero-order valence-corrected chi connectivity index (χ0v) is 12.1. The Bertz CT molecular complexity index is 685. The van der Waals surface area contributed by atoms with E-state index in [2.05, 4.69) is 9.97 Å². The van der Waals surface area contributed by atoms with E-state index in [1.165, 1.54) is 16.7 Å². The van der Waals surface area contributed by atoms with Crippen molar-refractivity contribution in [2.45, 2.75) is 5.16 Å². The molecular formula is C14H13N3O3S. The number of hydrogen-bond acceptors (Lipinski definition) is 5. The van der Waals surface area contributed by atoms with Crippen molar-refractivity contribution in [3.05, 3.63) is 36.2 Å². The summed E-state index contributed by atoms with van der Waals surface area (Å²) in [6, 6.07) is 5.13. The van der Waals surface area contributed by atoms with Crippen molar-refractivity contribution in [1.29, 1.82) is 0 Å². The van der Waals surface area contributed by atoms with Crippen molar-refractivity contribution in [1.82, 2.24) is 9.97 Å². The minimum atomic E-state index is -0.128. The number of anilines is 1. The molecule has 1 N–H and O–H groups in total.